The quantitative estimate of drug-likeness (QED) is 0.838. The molecule has 0 saturated carbocycles. The first-order chi connectivity index (χ1) is 10.1. The summed E-state index contributed by atoms with van der Waals surface area (Å²) in [6, 6.07) is 2.70. The predicted octanol–water partition coefficient (Wildman–Crippen LogP) is -0.200. The van der Waals surface area contributed by atoms with Gasteiger partial charge in [-0.05, 0) is 38.8 Å². The van der Waals surface area contributed by atoms with E-state index >= 15 is 0 Å². The molecule has 1 N–H and O–H groups in total. The summed E-state index contributed by atoms with van der Waals surface area (Å²) in [7, 11) is 3.27. The van der Waals surface area contributed by atoms with Crippen molar-refractivity contribution >= 4 is 0 Å². The smallest absolute Gasteiger partial charge is 0.312 e. The summed E-state index contributed by atoms with van der Waals surface area (Å²) in [6.07, 6.45) is 4.88. The van der Waals surface area contributed by atoms with Crippen LogP contribution in [0.1, 0.15) is 31.4 Å². The molecule has 2 atom stereocenters. The van der Waals surface area contributed by atoms with Gasteiger partial charge in [-0.25, -0.2) is 4.79 Å². The Morgan fingerprint density at radius 1 is 1.19 bits per heavy atom. The second-order valence-electron chi connectivity index (χ2n) is 6.26. The minimum atomic E-state index is -0.243. The number of likely N-dealkylation sites (tertiary alicyclic amines) is 1. The Hall–Kier alpha value is -1.40. The van der Waals surface area contributed by atoms with Crippen molar-refractivity contribution in [1.29, 1.82) is 0 Å². The zero-order valence-corrected chi connectivity index (χ0v) is 12.8. The summed E-state index contributed by atoms with van der Waals surface area (Å²) in [5, 5.41) is 3.58. The fraction of sp³-hybridized carbons (Fsp3) is 0.733. The molecule has 1 aromatic heterocycles. The van der Waals surface area contributed by atoms with Crippen LogP contribution in [0.25, 0.3) is 0 Å². The second-order valence-corrected chi connectivity index (χ2v) is 6.26. The van der Waals surface area contributed by atoms with Crippen LogP contribution in [0.3, 0.4) is 0 Å². The summed E-state index contributed by atoms with van der Waals surface area (Å²) in [4.78, 5) is 26.3. The first kappa shape index (κ1) is 14.5. The number of rotatable bonds is 3. The first-order valence-corrected chi connectivity index (χ1v) is 7.81. The average molecular weight is 292 g/mol. The highest BCUT2D eigenvalue weighted by molar-refractivity contribution is 5.04. The lowest BCUT2D eigenvalue weighted by atomic mass is 10.0. The standard InChI is InChI=1S/C15H24N4O2/c1-17-11(9-14(20)18(2)15(17)21)10-19-8-4-6-13(19)12-5-3-7-16-12/h9,12-13,16H,3-8,10H2,1-2H3. The van der Waals surface area contributed by atoms with Gasteiger partial charge in [-0.2, -0.15) is 0 Å². The maximum absolute atomic E-state index is 12.0. The molecule has 2 aliphatic heterocycles. The van der Waals surface area contributed by atoms with Crippen molar-refractivity contribution < 1.29 is 0 Å². The van der Waals surface area contributed by atoms with Crippen molar-refractivity contribution in [2.24, 2.45) is 14.1 Å². The van der Waals surface area contributed by atoms with Crippen molar-refractivity contribution in [3.05, 3.63) is 32.6 Å². The molecule has 116 valence electrons. The molecule has 2 unspecified atom stereocenters. The lowest BCUT2D eigenvalue weighted by Crippen LogP contribution is -2.45. The molecule has 0 radical (unpaired) electrons. The zero-order chi connectivity index (χ0) is 15.0. The average Bonchev–Trinajstić information content (AvgIpc) is 3.12. The Labute approximate surface area is 124 Å². The van der Waals surface area contributed by atoms with Crippen molar-refractivity contribution in [3.8, 4) is 0 Å². The third kappa shape index (κ3) is 2.70. The minimum absolute atomic E-state index is 0.220. The molecular weight excluding hydrogens is 268 g/mol. The highest BCUT2D eigenvalue weighted by Crippen LogP contribution is 2.25. The van der Waals surface area contributed by atoms with Gasteiger partial charge in [0.1, 0.15) is 0 Å². The van der Waals surface area contributed by atoms with Gasteiger partial charge < -0.3 is 5.32 Å². The molecule has 0 spiro atoms. The lowest BCUT2D eigenvalue weighted by molar-refractivity contribution is 0.201. The van der Waals surface area contributed by atoms with Gasteiger partial charge in [0, 0.05) is 44.5 Å². The molecule has 21 heavy (non-hydrogen) atoms. The molecule has 0 aromatic carbocycles. The molecular formula is C15H24N4O2. The molecule has 6 heteroatoms. The van der Waals surface area contributed by atoms with Gasteiger partial charge in [-0.15, -0.1) is 0 Å². The number of hydrogen-bond acceptors (Lipinski definition) is 4. The van der Waals surface area contributed by atoms with E-state index in [2.05, 4.69) is 10.2 Å². The van der Waals surface area contributed by atoms with Crippen LogP contribution >= 0.6 is 0 Å². The topological polar surface area (TPSA) is 59.3 Å². The van der Waals surface area contributed by atoms with Crippen LogP contribution in [0.4, 0.5) is 0 Å². The van der Waals surface area contributed by atoms with E-state index in [1.54, 1.807) is 17.7 Å². The Balaban J connectivity index is 1.83. The van der Waals surface area contributed by atoms with E-state index in [0.717, 1.165) is 23.4 Å². The monoisotopic (exact) mass is 292 g/mol. The van der Waals surface area contributed by atoms with E-state index in [4.69, 9.17) is 0 Å². The summed E-state index contributed by atoms with van der Waals surface area (Å²) in [5.41, 5.74) is 0.350. The van der Waals surface area contributed by atoms with Crippen molar-refractivity contribution in [3.63, 3.8) is 0 Å². The van der Waals surface area contributed by atoms with Gasteiger partial charge in [-0.1, -0.05) is 0 Å². The van der Waals surface area contributed by atoms with E-state index in [1.807, 2.05) is 0 Å². The number of aromatic nitrogens is 2. The molecule has 0 bridgehead atoms. The van der Waals surface area contributed by atoms with Crippen LogP contribution in [0.15, 0.2) is 15.7 Å². The van der Waals surface area contributed by atoms with E-state index in [0.29, 0.717) is 18.6 Å². The fourth-order valence-electron chi connectivity index (χ4n) is 3.68. The number of nitrogens with one attached hydrogen (secondary N) is 1. The van der Waals surface area contributed by atoms with Crippen LogP contribution in [-0.4, -0.2) is 39.2 Å². The van der Waals surface area contributed by atoms with Crippen LogP contribution in [0, 0.1) is 0 Å². The van der Waals surface area contributed by atoms with E-state index in [1.165, 1.54) is 32.7 Å². The molecule has 2 fully saturated rings. The van der Waals surface area contributed by atoms with Crippen molar-refractivity contribution in [2.45, 2.75) is 44.3 Å². The maximum atomic E-state index is 12.0. The third-order valence-corrected chi connectivity index (χ3v) is 4.97. The number of hydrogen-bond donors (Lipinski definition) is 1. The van der Waals surface area contributed by atoms with Gasteiger partial charge in [0.05, 0.1) is 0 Å². The molecule has 3 heterocycles. The largest absolute Gasteiger partial charge is 0.330 e. The van der Waals surface area contributed by atoms with E-state index in [-0.39, 0.29) is 11.2 Å². The minimum Gasteiger partial charge on any atom is -0.312 e. The van der Waals surface area contributed by atoms with Crippen LogP contribution in [-0.2, 0) is 20.6 Å². The summed E-state index contributed by atoms with van der Waals surface area (Å²) < 4.78 is 2.75. The van der Waals surface area contributed by atoms with Gasteiger partial charge in [0.15, 0.2) is 0 Å². The molecule has 0 amide bonds. The zero-order valence-electron chi connectivity index (χ0n) is 12.8. The molecule has 0 aliphatic carbocycles. The Bertz CT molecular complexity index is 628. The number of nitrogens with zero attached hydrogens (tertiary/aromatic N) is 3. The highest BCUT2D eigenvalue weighted by atomic mass is 16.2. The van der Waals surface area contributed by atoms with Gasteiger partial charge in [0.25, 0.3) is 5.56 Å². The summed E-state index contributed by atoms with van der Waals surface area (Å²) >= 11 is 0. The van der Waals surface area contributed by atoms with Gasteiger partial charge in [0.2, 0.25) is 0 Å². The molecule has 6 nitrogen and oxygen atoms in total. The Morgan fingerprint density at radius 2 is 2.00 bits per heavy atom. The highest BCUT2D eigenvalue weighted by Gasteiger charge is 2.33. The predicted molar refractivity (Wildman–Crippen MR) is 81.4 cm³/mol. The van der Waals surface area contributed by atoms with E-state index in [9.17, 15) is 9.59 Å². The first-order valence-electron chi connectivity index (χ1n) is 7.81. The Kier molecular flexibility index (Phi) is 3.99. The van der Waals surface area contributed by atoms with Crippen molar-refractivity contribution in [1.82, 2.24) is 19.4 Å². The van der Waals surface area contributed by atoms with Crippen molar-refractivity contribution in [2.75, 3.05) is 13.1 Å². The van der Waals surface area contributed by atoms with Crippen LogP contribution in [0.2, 0.25) is 0 Å². The van der Waals surface area contributed by atoms with Crippen LogP contribution < -0.4 is 16.6 Å². The summed E-state index contributed by atoms with van der Waals surface area (Å²) in [5.74, 6) is 0. The molecule has 1 aromatic rings. The fourth-order valence-corrected chi connectivity index (χ4v) is 3.68. The Morgan fingerprint density at radius 3 is 2.71 bits per heavy atom. The molecule has 2 saturated heterocycles. The second kappa shape index (κ2) is 5.77. The molecule has 3 rings (SSSR count). The normalized spacial score (nSPS) is 26.6. The summed E-state index contributed by atoms with van der Waals surface area (Å²) in [6.45, 7) is 2.84. The maximum Gasteiger partial charge on any atom is 0.330 e. The third-order valence-electron chi connectivity index (χ3n) is 4.97. The molecule has 2 aliphatic rings. The van der Waals surface area contributed by atoms with Gasteiger partial charge >= 0.3 is 5.69 Å². The lowest BCUT2D eigenvalue weighted by Gasteiger charge is -2.29. The van der Waals surface area contributed by atoms with Gasteiger partial charge in [-0.3, -0.25) is 18.8 Å². The van der Waals surface area contributed by atoms with Crippen LogP contribution in [0.5, 0.6) is 0 Å². The SMILES string of the molecule is Cn1c(CN2CCCC2C2CCCN2)cc(=O)n(C)c1=O. The van der Waals surface area contributed by atoms with E-state index < -0.39 is 0 Å².